The van der Waals surface area contributed by atoms with Crippen molar-refractivity contribution in [3.63, 3.8) is 0 Å². The Labute approximate surface area is 105 Å². The normalized spacial score (nSPS) is 11.8. The number of aromatic hydroxyl groups is 2. The summed E-state index contributed by atoms with van der Waals surface area (Å²) >= 11 is 0. The summed E-state index contributed by atoms with van der Waals surface area (Å²) in [5.41, 5.74) is 1.53. The fourth-order valence-corrected chi connectivity index (χ4v) is 1.99. The predicted molar refractivity (Wildman–Crippen MR) is 71.7 cm³/mol. The maximum atomic E-state index is 10.7. The molecule has 0 saturated carbocycles. The lowest BCUT2D eigenvalue weighted by molar-refractivity contribution is -0.104. The van der Waals surface area contributed by atoms with Gasteiger partial charge in [0.2, 0.25) is 0 Å². The number of carbonyl (C=O) groups is 1. The highest BCUT2D eigenvalue weighted by Crippen LogP contribution is 2.39. The number of rotatable bonds is 2. The van der Waals surface area contributed by atoms with E-state index in [2.05, 4.69) is 0 Å². The van der Waals surface area contributed by atoms with Crippen LogP contribution in [0.4, 0.5) is 0 Å². The molecule has 0 saturated heterocycles. The second-order valence-corrected chi connectivity index (χ2v) is 4.29. The third-order valence-corrected chi connectivity index (χ3v) is 3.01. The number of allylic oxidation sites excluding steroid dienone is 1. The molecule has 92 valence electrons. The molecule has 2 aromatic rings. The van der Waals surface area contributed by atoms with E-state index in [1.54, 1.807) is 44.2 Å². The molecule has 3 nitrogen and oxygen atoms in total. The number of hydrogen-bond donors (Lipinski definition) is 2. The van der Waals surface area contributed by atoms with Crippen molar-refractivity contribution in [2.75, 3.05) is 0 Å². The van der Waals surface area contributed by atoms with Gasteiger partial charge in [-0.25, -0.2) is 0 Å². The Morgan fingerprint density at radius 2 is 1.67 bits per heavy atom. The number of aldehydes is 1. The van der Waals surface area contributed by atoms with Crippen LogP contribution in [0.5, 0.6) is 11.5 Å². The quantitative estimate of drug-likeness (QED) is 0.483. The number of phenolic OH excluding ortho intramolecular Hbond substituents is 2. The van der Waals surface area contributed by atoms with Gasteiger partial charge in [0.25, 0.3) is 0 Å². The Morgan fingerprint density at radius 1 is 1.11 bits per heavy atom. The molecular formula is C15H14O3. The van der Waals surface area contributed by atoms with E-state index in [1.165, 1.54) is 0 Å². The molecule has 0 aliphatic heterocycles. The summed E-state index contributed by atoms with van der Waals surface area (Å²) in [5.74, 6) is 0.218. The number of phenols is 2. The van der Waals surface area contributed by atoms with E-state index in [-0.39, 0.29) is 11.5 Å². The van der Waals surface area contributed by atoms with Gasteiger partial charge >= 0.3 is 0 Å². The van der Waals surface area contributed by atoms with Crippen LogP contribution in [0.1, 0.15) is 18.1 Å². The molecule has 0 aliphatic rings. The molecule has 0 radical (unpaired) electrons. The monoisotopic (exact) mass is 242 g/mol. The average Bonchev–Trinajstić information content (AvgIpc) is 2.40. The Balaban J connectivity index is 2.87. The number of benzene rings is 2. The first-order valence-electron chi connectivity index (χ1n) is 5.63. The van der Waals surface area contributed by atoms with Crippen molar-refractivity contribution < 1.29 is 15.0 Å². The number of hydrogen-bond acceptors (Lipinski definition) is 3. The molecule has 0 amide bonds. The van der Waals surface area contributed by atoms with Crippen LogP contribution in [0, 0.1) is 6.92 Å². The maximum Gasteiger partial charge on any atom is 0.145 e. The smallest absolute Gasteiger partial charge is 0.145 e. The molecule has 18 heavy (non-hydrogen) atoms. The first-order valence-corrected chi connectivity index (χ1v) is 5.63. The molecule has 0 spiro atoms. The number of fused-ring (bicyclic) bond motifs is 1. The van der Waals surface area contributed by atoms with Gasteiger partial charge in [0, 0.05) is 21.9 Å². The largest absolute Gasteiger partial charge is 0.507 e. The Hall–Kier alpha value is -2.29. The fourth-order valence-electron chi connectivity index (χ4n) is 1.99. The van der Waals surface area contributed by atoms with E-state index >= 15 is 0 Å². The minimum absolute atomic E-state index is 0.0853. The minimum atomic E-state index is 0.0853. The van der Waals surface area contributed by atoms with E-state index < -0.39 is 0 Å². The summed E-state index contributed by atoms with van der Waals surface area (Å²) in [6, 6.07) is 7.07. The SMILES string of the molecule is C/C(C=O)=C/c1c(C)c(O)c2ccccc2c1O. The Kier molecular flexibility index (Phi) is 3.06. The molecule has 3 heteroatoms. The van der Waals surface area contributed by atoms with Crippen molar-refractivity contribution >= 4 is 23.1 Å². The van der Waals surface area contributed by atoms with Crippen molar-refractivity contribution in [1.29, 1.82) is 0 Å². The lowest BCUT2D eigenvalue weighted by atomic mass is 9.97. The molecule has 0 heterocycles. The van der Waals surface area contributed by atoms with Gasteiger partial charge in [0.15, 0.2) is 0 Å². The van der Waals surface area contributed by atoms with Crippen molar-refractivity contribution in [2.24, 2.45) is 0 Å². The molecule has 2 rings (SSSR count). The van der Waals surface area contributed by atoms with Gasteiger partial charge in [0.1, 0.15) is 17.8 Å². The molecular weight excluding hydrogens is 228 g/mol. The Morgan fingerprint density at radius 3 is 2.22 bits per heavy atom. The molecule has 0 unspecified atom stereocenters. The van der Waals surface area contributed by atoms with Gasteiger partial charge in [-0.2, -0.15) is 0 Å². The molecule has 0 bridgehead atoms. The van der Waals surface area contributed by atoms with Crippen LogP contribution in [0.15, 0.2) is 29.8 Å². The summed E-state index contributed by atoms with van der Waals surface area (Å²) < 4.78 is 0. The molecule has 2 aromatic carbocycles. The first kappa shape index (κ1) is 12.2. The van der Waals surface area contributed by atoms with Crippen LogP contribution in [0.25, 0.3) is 16.8 Å². The van der Waals surface area contributed by atoms with Crippen LogP contribution in [-0.2, 0) is 4.79 Å². The fraction of sp³-hybridized carbons (Fsp3) is 0.133. The number of carbonyl (C=O) groups excluding carboxylic acids is 1. The van der Waals surface area contributed by atoms with Gasteiger partial charge in [-0.15, -0.1) is 0 Å². The zero-order chi connectivity index (χ0) is 13.3. The van der Waals surface area contributed by atoms with Gasteiger partial charge < -0.3 is 10.2 Å². The van der Waals surface area contributed by atoms with Crippen molar-refractivity contribution in [3.05, 3.63) is 41.0 Å². The predicted octanol–water partition coefficient (Wildman–Crippen LogP) is 3.16. The molecule has 2 N–H and O–H groups in total. The second-order valence-electron chi connectivity index (χ2n) is 4.29. The van der Waals surface area contributed by atoms with Crippen LogP contribution in [0.2, 0.25) is 0 Å². The minimum Gasteiger partial charge on any atom is -0.507 e. The Bertz CT molecular complexity index is 654. The van der Waals surface area contributed by atoms with E-state index in [4.69, 9.17) is 0 Å². The lowest BCUT2D eigenvalue weighted by Gasteiger charge is -2.11. The van der Waals surface area contributed by atoms with Gasteiger partial charge in [-0.1, -0.05) is 24.3 Å². The van der Waals surface area contributed by atoms with Crippen LogP contribution < -0.4 is 0 Å². The standard InChI is InChI=1S/C15H14O3/c1-9(8-16)7-13-10(2)14(17)11-5-3-4-6-12(11)15(13)18/h3-8,17-18H,1-2H3/b9-7-. The summed E-state index contributed by atoms with van der Waals surface area (Å²) in [6.45, 7) is 3.36. The van der Waals surface area contributed by atoms with Gasteiger partial charge in [0.05, 0.1) is 0 Å². The van der Waals surface area contributed by atoms with E-state index in [0.717, 1.165) is 0 Å². The summed E-state index contributed by atoms with van der Waals surface area (Å²) in [7, 11) is 0. The van der Waals surface area contributed by atoms with Gasteiger partial charge in [-0.3, -0.25) is 4.79 Å². The molecule has 0 aliphatic carbocycles. The highest BCUT2D eigenvalue weighted by Gasteiger charge is 2.14. The van der Waals surface area contributed by atoms with E-state index in [0.29, 0.717) is 33.8 Å². The lowest BCUT2D eigenvalue weighted by Crippen LogP contribution is -1.88. The molecule has 0 atom stereocenters. The van der Waals surface area contributed by atoms with E-state index in [9.17, 15) is 15.0 Å². The topological polar surface area (TPSA) is 57.5 Å². The van der Waals surface area contributed by atoms with Crippen LogP contribution in [0.3, 0.4) is 0 Å². The van der Waals surface area contributed by atoms with Crippen LogP contribution >= 0.6 is 0 Å². The molecule has 0 aromatic heterocycles. The van der Waals surface area contributed by atoms with E-state index in [1.807, 2.05) is 0 Å². The zero-order valence-corrected chi connectivity index (χ0v) is 10.3. The van der Waals surface area contributed by atoms with Crippen molar-refractivity contribution in [1.82, 2.24) is 0 Å². The third kappa shape index (κ3) is 1.84. The first-order chi connectivity index (χ1) is 8.56. The average molecular weight is 242 g/mol. The van der Waals surface area contributed by atoms with Crippen molar-refractivity contribution in [3.8, 4) is 11.5 Å². The van der Waals surface area contributed by atoms with Crippen LogP contribution in [-0.4, -0.2) is 16.5 Å². The highest BCUT2D eigenvalue weighted by atomic mass is 16.3. The summed E-state index contributed by atoms with van der Waals surface area (Å²) in [6.07, 6.45) is 2.29. The zero-order valence-electron chi connectivity index (χ0n) is 10.3. The third-order valence-electron chi connectivity index (χ3n) is 3.01. The van der Waals surface area contributed by atoms with Gasteiger partial charge in [-0.05, 0) is 25.5 Å². The molecule has 0 fully saturated rings. The second kappa shape index (κ2) is 4.53. The maximum absolute atomic E-state index is 10.7. The van der Waals surface area contributed by atoms with Crippen molar-refractivity contribution in [2.45, 2.75) is 13.8 Å². The summed E-state index contributed by atoms with van der Waals surface area (Å²) in [5, 5.41) is 21.5. The summed E-state index contributed by atoms with van der Waals surface area (Å²) in [4.78, 5) is 10.7. The highest BCUT2D eigenvalue weighted by molar-refractivity contribution is 5.98.